The predicted octanol–water partition coefficient (Wildman–Crippen LogP) is 1.56. The average molecular weight is 208 g/mol. The normalized spacial score (nSPS) is 17.7. The van der Waals surface area contributed by atoms with E-state index in [2.05, 4.69) is 5.10 Å². The Hall–Kier alpha value is -1.32. The fourth-order valence-electron chi connectivity index (χ4n) is 1.82. The maximum absolute atomic E-state index is 10.8. The number of aryl methyl sites for hydroxylation is 1. The molecule has 1 aliphatic rings. The van der Waals surface area contributed by atoms with Crippen molar-refractivity contribution in [2.45, 2.75) is 32.1 Å². The van der Waals surface area contributed by atoms with Gasteiger partial charge in [0.05, 0.1) is 11.6 Å². The first-order valence-corrected chi connectivity index (χ1v) is 5.33. The third-order valence-electron chi connectivity index (χ3n) is 2.88. The van der Waals surface area contributed by atoms with Crippen LogP contribution in [0.15, 0.2) is 6.20 Å². The first kappa shape index (κ1) is 10.2. The third-order valence-corrected chi connectivity index (χ3v) is 2.88. The van der Waals surface area contributed by atoms with Crippen molar-refractivity contribution in [3.8, 4) is 0 Å². The molecule has 0 saturated heterocycles. The quantitative estimate of drug-likeness (QED) is 0.817. The van der Waals surface area contributed by atoms with Gasteiger partial charge in [0, 0.05) is 19.7 Å². The van der Waals surface area contributed by atoms with Gasteiger partial charge in [0.15, 0.2) is 0 Å². The molecule has 1 unspecified atom stereocenters. The fourth-order valence-corrected chi connectivity index (χ4v) is 1.82. The second-order valence-corrected chi connectivity index (χ2v) is 4.42. The molecular weight excluding hydrogens is 192 g/mol. The fraction of sp³-hybridized carbons (Fsp3) is 0.636. The highest BCUT2D eigenvalue weighted by atomic mass is 16.4. The van der Waals surface area contributed by atoms with Crippen LogP contribution in [0.5, 0.6) is 0 Å². The molecule has 4 heteroatoms. The summed E-state index contributed by atoms with van der Waals surface area (Å²) < 4.78 is 1.79. The molecule has 1 atom stereocenters. The molecule has 1 aromatic rings. The van der Waals surface area contributed by atoms with E-state index in [1.54, 1.807) is 11.6 Å². The van der Waals surface area contributed by atoms with Crippen LogP contribution in [-0.4, -0.2) is 20.9 Å². The van der Waals surface area contributed by atoms with Crippen molar-refractivity contribution in [2.24, 2.45) is 13.0 Å². The number of carboxylic acid groups (broad SMARTS) is 1. The van der Waals surface area contributed by atoms with Crippen molar-refractivity contribution in [3.05, 3.63) is 17.5 Å². The van der Waals surface area contributed by atoms with Gasteiger partial charge in [0.25, 0.3) is 0 Å². The van der Waals surface area contributed by atoms with Gasteiger partial charge in [-0.3, -0.25) is 9.48 Å². The van der Waals surface area contributed by atoms with E-state index in [9.17, 15) is 4.79 Å². The smallest absolute Gasteiger partial charge is 0.306 e. The number of aromatic nitrogens is 2. The van der Waals surface area contributed by atoms with Crippen LogP contribution >= 0.6 is 0 Å². The van der Waals surface area contributed by atoms with Crippen molar-refractivity contribution < 1.29 is 9.90 Å². The van der Waals surface area contributed by atoms with E-state index in [0.29, 0.717) is 12.3 Å². The van der Waals surface area contributed by atoms with Gasteiger partial charge in [0.2, 0.25) is 0 Å². The number of nitrogens with zero attached hydrogens (tertiary/aromatic N) is 2. The molecule has 0 bridgehead atoms. The van der Waals surface area contributed by atoms with Gasteiger partial charge in [-0.2, -0.15) is 5.10 Å². The number of rotatable bonds is 4. The van der Waals surface area contributed by atoms with E-state index in [4.69, 9.17) is 5.11 Å². The summed E-state index contributed by atoms with van der Waals surface area (Å²) in [6, 6.07) is 0. The van der Waals surface area contributed by atoms with Crippen LogP contribution in [0.3, 0.4) is 0 Å². The van der Waals surface area contributed by atoms with E-state index >= 15 is 0 Å². The Morgan fingerprint density at radius 3 is 2.93 bits per heavy atom. The molecule has 2 rings (SSSR count). The molecule has 82 valence electrons. The third kappa shape index (κ3) is 2.19. The summed E-state index contributed by atoms with van der Waals surface area (Å²) in [5.74, 6) is -0.463. The number of carboxylic acids is 1. The minimum Gasteiger partial charge on any atom is -0.481 e. The second-order valence-electron chi connectivity index (χ2n) is 4.42. The van der Waals surface area contributed by atoms with E-state index in [-0.39, 0.29) is 5.92 Å². The first-order valence-electron chi connectivity index (χ1n) is 5.33. The molecule has 0 amide bonds. The summed E-state index contributed by atoms with van der Waals surface area (Å²) in [4.78, 5) is 10.8. The molecule has 1 aromatic heterocycles. The summed E-state index contributed by atoms with van der Waals surface area (Å²) in [5.41, 5.74) is 2.22. The molecule has 4 nitrogen and oxygen atoms in total. The van der Waals surface area contributed by atoms with Crippen molar-refractivity contribution in [1.29, 1.82) is 0 Å². The Labute approximate surface area is 88.9 Å². The SMILES string of the molecule is CC(Cc1nn(C)cc1C1CC1)C(=O)O. The molecule has 0 spiro atoms. The zero-order valence-electron chi connectivity index (χ0n) is 9.10. The lowest BCUT2D eigenvalue weighted by Crippen LogP contribution is -2.13. The van der Waals surface area contributed by atoms with Crippen molar-refractivity contribution >= 4 is 5.97 Å². The largest absolute Gasteiger partial charge is 0.481 e. The summed E-state index contributed by atoms with van der Waals surface area (Å²) in [5, 5.41) is 13.2. The van der Waals surface area contributed by atoms with Crippen LogP contribution in [-0.2, 0) is 18.3 Å². The number of carbonyl (C=O) groups is 1. The monoisotopic (exact) mass is 208 g/mol. The highest BCUT2D eigenvalue weighted by Gasteiger charge is 2.29. The summed E-state index contributed by atoms with van der Waals surface area (Å²) >= 11 is 0. The predicted molar refractivity (Wildman–Crippen MR) is 55.7 cm³/mol. The summed E-state index contributed by atoms with van der Waals surface area (Å²) in [6.07, 6.45) is 5.02. The molecule has 0 aliphatic heterocycles. The van der Waals surface area contributed by atoms with Crippen LogP contribution in [0.4, 0.5) is 0 Å². The Kier molecular flexibility index (Phi) is 2.50. The van der Waals surface area contributed by atoms with Gasteiger partial charge in [-0.25, -0.2) is 0 Å². The van der Waals surface area contributed by atoms with E-state index in [0.717, 1.165) is 5.69 Å². The Morgan fingerprint density at radius 2 is 2.40 bits per heavy atom. The lowest BCUT2D eigenvalue weighted by atomic mass is 10.0. The van der Waals surface area contributed by atoms with Gasteiger partial charge >= 0.3 is 5.97 Å². The van der Waals surface area contributed by atoms with Gasteiger partial charge in [-0.05, 0) is 24.3 Å². The Bertz CT molecular complexity index is 380. The van der Waals surface area contributed by atoms with Gasteiger partial charge in [0.1, 0.15) is 0 Å². The number of hydrogen-bond donors (Lipinski definition) is 1. The van der Waals surface area contributed by atoms with Crippen LogP contribution in [0.2, 0.25) is 0 Å². The van der Waals surface area contributed by atoms with Crippen LogP contribution in [0, 0.1) is 5.92 Å². The highest BCUT2D eigenvalue weighted by molar-refractivity contribution is 5.69. The van der Waals surface area contributed by atoms with Crippen LogP contribution in [0.25, 0.3) is 0 Å². The van der Waals surface area contributed by atoms with Crippen LogP contribution < -0.4 is 0 Å². The molecule has 0 radical (unpaired) electrons. The van der Waals surface area contributed by atoms with E-state index < -0.39 is 5.97 Å². The first-order chi connectivity index (χ1) is 7.08. The van der Waals surface area contributed by atoms with E-state index in [1.165, 1.54) is 18.4 Å². The lowest BCUT2D eigenvalue weighted by molar-refractivity contribution is -0.141. The summed E-state index contributed by atoms with van der Waals surface area (Å²) in [7, 11) is 1.89. The lowest BCUT2D eigenvalue weighted by Gasteiger charge is -2.04. The van der Waals surface area contributed by atoms with Gasteiger partial charge < -0.3 is 5.11 Å². The number of hydrogen-bond acceptors (Lipinski definition) is 2. The zero-order chi connectivity index (χ0) is 11.0. The maximum atomic E-state index is 10.8. The van der Waals surface area contributed by atoms with Crippen LogP contribution in [0.1, 0.15) is 36.9 Å². The molecule has 1 saturated carbocycles. The minimum absolute atomic E-state index is 0.350. The topological polar surface area (TPSA) is 55.1 Å². The van der Waals surface area contributed by atoms with Gasteiger partial charge in [-0.1, -0.05) is 6.92 Å². The molecule has 1 heterocycles. The molecule has 15 heavy (non-hydrogen) atoms. The average Bonchev–Trinajstić information content (AvgIpc) is 2.92. The second kappa shape index (κ2) is 3.68. The maximum Gasteiger partial charge on any atom is 0.306 e. The molecule has 1 N–H and O–H groups in total. The Morgan fingerprint density at radius 1 is 1.73 bits per heavy atom. The standard InChI is InChI=1S/C11H16N2O2/c1-7(11(14)15)5-10-9(8-3-4-8)6-13(2)12-10/h6-8H,3-5H2,1-2H3,(H,14,15). The molecule has 1 fully saturated rings. The van der Waals surface area contributed by atoms with Crippen molar-refractivity contribution in [1.82, 2.24) is 9.78 Å². The van der Waals surface area contributed by atoms with Crippen molar-refractivity contribution in [3.63, 3.8) is 0 Å². The number of aliphatic carboxylic acids is 1. The molecule has 0 aromatic carbocycles. The van der Waals surface area contributed by atoms with E-state index in [1.807, 2.05) is 13.2 Å². The minimum atomic E-state index is -0.748. The van der Waals surface area contributed by atoms with Gasteiger partial charge in [-0.15, -0.1) is 0 Å². The van der Waals surface area contributed by atoms with Crippen molar-refractivity contribution in [2.75, 3.05) is 0 Å². The summed E-state index contributed by atoms with van der Waals surface area (Å²) in [6.45, 7) is 1.73. The molecular formula is C11H16N2O2. The zero-order valence-corrected chi connectivity index (χ0v) is 9.10. The Balaban J connectivity index is 2.15. The highest BCUT2D eigenvalue weighted by Crippen LogP contribution is 2.41. The molecule has 1 aliphatic carbocycles.